The zero-order valence-corrected chi connectivity index (χ0v) is 17.2. The number of fused-ring (bicyclic) bond motifs is 3. The maximum absolute atomic E-state index is 12.7. The number of rotatable bonds is 6. The van der Waals surface area contributed by atoms with Crippen LogP contribution in [0, 0.1) is 0 Å². The summed E-state index contributed by atoms with van der Waals surface area (Å²) >= 11 is 0. The summed E-state index contributed by atoms with van der Waals surface area (Å²) in [6, 6.07) is 28.4. The van der Waals surface area contributed by atoms with Crippen molar-refractivity contribution in [2.75, 3.05) is 5.32 Å². The summed E-state index contributed by atoms with van der Waals surface area (Å²) in [5.41, 5.74) is 6.65. The molecule has 0 radical (unpaired) electrons. The predicted molar refractivity (Wildman–Crippen MR) is 123 cm³/mol. The molecule has 154 valence electrons. The molecule has 0 bridgehead atoms. The Kier molecular flexibility index (Phi) is 5.23. The maximum atomic E-state index is 12.7. The molecule has 1 aliphatic rings. The van der Waals surface area contributed by atoms with Gasteiger partial charge in [0.25, 0.3) is 0 Å². The van der Waals surface area contributed by atoms with Crippen LogP contribution < -0.4 is 10.6 Å². The highest BCUT2D eigenvalue weighted by Crippen LogP contribution is 2.37. The lowest BCUT2D eigenvalue weighted by molar-refractivity contribution is -0.121. The number of aryl methyl sites for hydroxylation is 1. The third-order valence-electron chi connectivity index (χ3n) is 5.63. The first kappa shape index (κ1) is 19.1. The molecule has 0 saturated heterocycles. The molecule has 0 spiro atoms. The molecule has 31 heavy (non-hydrogen) atoms. The number of amides is 1. The van der Waals surface area contributed by atoms with Gasteiger partial charge in [-0.25, -0.2) is 4.68 Å². The lowest BCUT2D eigenvalue weighted by Crippen LogP contribution is -2.28. The van der Waals surface area contributed by atoms with Crippen LogP contribution in [0.1, 0.15) is 16.7 Å². The molecule has 1 heterocycles. The molecule has 1 aromatic heterocycles. The van der Waals surface area contributed by atoms with Gasteiger partial charge in [0.15, 0.2) is 0 Å². The molecule has 0 atom stereocenters. The fourth-order valence-electron chi connectivity index (χ4n) is 4.08. The van der Waals surface area contributed by atoms with Crippen molar-refractivity contribution in [2.45, 2.75) is 25.9 Å². The van der Waals surface area contributed by atoms with Gasteiger partial charge in [0, 0.05) is 23.4 Å². The average Bonchev–Trinajstić information content (AvgIpc) is 3.16. The van der Waals surface area contributed by atoms with Gasteiger partial charge in [0.2, 0.25) is 5.91 Å². The summed E-state index contributed by atoms with van der Waals surface area (Å²) in [5.74, 6) is 0.832. The van der Waals surface area contributed by atoms with E-state index in [-0.39, 0.29) is 12.5 Å². The molecule has 0 unspecified atom stereocenters. The van der Waals surface area contributed by atoms with E-state index in [0.717, 1.165) is 41.2 Å². The van der Waals surface area contributed by atoms with Crippen molar-refractivity contribution in [2.24, 2.45) is 0 Å². The second-order valence-electron chi connectivity index (χ2n) is 7.74. The van der Waals surface area contributed by atoms with Gasteiger partial charge < -0.3 is 10.6 Å². The van der Waals surface area contributed by atoms with E-state index in [4.69, 9.17) is 5.10 Å². The highest BCUT2D eigenvalue weighted by Gasteiger charge is 2.25. The standard InChI is InChI=1S/C26H24N4O/c31-24(27-17-19-9-3-1-4-10-19)18-30-26(28-21-12-5-2-6-13-21)23-16-15-20-11-7-8-14-22(20)25(23)29-30/h1-14,28H,15-18H2,(H,27,31). The summed E-state index contributed by atoms with van der Waals surface area (Å²) in [5, 5.41) is 11.4. The number of para-hydroxylation sites is 1. The van der Waals surface area contributed by atoms with Gasteiger partial charge in [0.05, 0.1) is 5.69 Å². The first-order valence-electron chi connectivity index (χ1n) is 10.6. The van der Waals surface area contributed by atoms with E-state index in [1.165, 1.54) is 11.1 Å². The average molecular weight is 409 g/mol. The first-order valence-corrected chi connectivity index (χ1v) is 10.6. The summed E-state index contributed by atoms with van der Waals surface area (Å²) < 4.78 is 1.81. The van der Waals surface area contributed by atoms with Gasteiger partial charge in [-0.15, -0.1) is 0 Å². The van der Waals surface area contributed by atoms with E-state index in [9.17, 15) is 4.79 Å². The first-order chi connectivity index (χ1) is 15.3. The van der Waals surface area contributed by atoms with Crippen molar-refractivity contribution in [1.29, 1.82) is 0 Å². The molecule has 2 N–H and O–H groups in total. The number of anilines is 2. The summed E-state index contributed by atoms with van der Waals surface area (Å²) in [6.07, 6.45) is 1.87. The molecule has 1 aliphatic carbocycles. The lowest BCUT2D eigenvalue weighted by Gasteiger charge is -2.16. The monoisotopic (exact) mass is 408 g/mol. The van der Waals surface area contributed by atoms with Crippen LogP contribution in [-0.2, 0) is 30.7 Å². The van der Waals surface area contributed by atoms with Gasteiger partial charge >= 0.3 is 0 Å². The molecular weight excluding hydrogens is 384 g/mol. The molecule has 0 saturated carbocycles. The van der Waals surface area contributed by atoms with Gasteiger partial charge in [-0.05, 0) is 36.1 Å². The van der Waals surface area contributed by atoms with E-state index in [0.29, 0.717) is 6.54 Å². The second-order valence-corrected chi connectivity index (χ2v) is 7.74. The number of carbonyl (C=O) groups is 1. The highest BCUT2D eigenvalue weighted by atomic mass is 16.2. The molecular formula is C26H24N4O. The second kappa shape index (κ2) is 8.48. The van der Waals surface area contributed by atoms with E-state index in [2.05, 4.69) is 28.8 Å². The minimum Gasteiger partial charge on any atom is -0.350 e. The zero-order chi connectivity index (χ0) is 21.0. The van der Waals surface area contributed by atoms with Crippen LogP contribution >= 0.6 is 0 Å². The predicted octanol–water partition coefficient (Wildman–Crippen LogP) is 4.71. The number of nitrogens with zero attached hydrogens (tertiary/aromatic N) is 2. The number of carbonyl (C=O) groups excluding carboxylic acids is 1. The normalized spacial score (nSPS) is 12.0. The molecule has 5 nitrogen and oxygen atoms in total. The highest BCUT2D eigenvalue weighted by molar-refractivity contribution is 5.80. The van der Waals surface area contributed by atoms with Crippen molar-refractivity contribution in [3.8, 4) is 11.3 Å². The Morgan fingerprint density at radius 1 is 0.871 bits per heavy atom. The van der Waals surface area contributed by atoms with Crippen molar-refractivity contribution in [1.82, 2.24) is 15.1 Å². The number of hydrogen-bond donors (Lipinski definition) is 2. The molecule has 1 amide bonds. The van der Waals surface area contributed by atoms with Gasteiger partial charge in [-0.1, -0.05) is 72.8 Å². The van der Waals surface area contributed by atoms with E-state index < -0.39 is 0 Å². The van der Waals surface area contributed by atoms with Crippen LogP contribution in [0.15, 0.2) is 84.9 Å². The van der Waals surface area contributed by atoms with Gasteiger partial charge in [0.1, 0.15) is 12.4 Å². The fraction of sp³-hybridized carbons (Fsp3) is 0.154. The maximum Gasteiger partial charge on any atom is 0.242 e. The number of benzene rings is 3. The Morgan fingerprint density at radius 3 is 2.39 bits per heavy atom. The van der Waals surface area contributed by atoms with Crippen molar-refractivity contribution < 1.29 is 4.79 Å². The minimum atomic E-state index is -0.0619. The van der Waals surface area contributed by atoms with Gasteiger partial charge in [-0.3, -0.25) is 4.79 Å². The van der Waals surface area contributed by atoms with Gasteiger partial charge in [-0.2, -0.15) is 5.10 Å². The van der Waals surface area contributed by atoms with Crippen LogP contribution in [0.4, 0.5) is 11.5 Å². The summed E-state index contributed by atoms with van der Waals surface area (Å²) in [6.45, 7) is 0.669. The van der Waals surface area contributed by atoms with Crippen molar-refractivity contribution in [3.63, 3.8) is 0 Å². The van der Waals surface area contributed by atoms with Crippen molar-refractivity contribution >= 4 is 17.4 Å². The Bertz CT molecular complexity index is 1200. The Morgan fingerprint density at radius 2 is 1.58 bits per heavy atom. The fourth-order valence-corrected chi connectivity index (χ4v) is 4.08. The number of hydrogen-bond acceptors (Lipinski definition) is 3. The number of aromatic nitrogens is 2. The molecule has 0 fully saturated rings. The molecule has 0 aliphatic heterocycles. The molecule has 5 heteroatoms. The lowest BCUT2D eigenvalue weighted by atomic mass is 9.90. The van der Waals surface area contributed by atoms with E-state index >= 15 is 0 Å². The smallest absolute Gasteiger partial charge is 0.242 e. The largest absolute Gasteiger partial charge is 0.350 e. The molecule has 5 rings (SSSR count). The SMILES string of the molecule is O=C(Cn1nc2c(c1Nc1ccccc1)CCc1ccccc1-2)NCc1ccccc1. The van der Waals surface area contributed by atoms with Crippen LogP contribution in [0.25, 0.3) is 11.3 Å². The Balaban J connectivity index is 1.44. The van der Waals surface area contributed by atoms with E-state index in [1.54, 1.807) is 4.68 Å². The molecule has 4 aromatic rings. The van der Waals surface area contributed by atoms with Crippen LogP contribution in [0.3, 0.4) is 0 Å². The van der Waals surface area contributed by atoms with Crippen LogP contribution in [-0.4, -0.2) is 15.7 Å². The zero-order valence-electron chi connectivity index (χ0n) is 17.2. The third-order valence-corrected chi connectivity index (χ3v) is 5.63. The summed E-state index contributed by atoms with van der Waals surface area (Å²) in [4.78, 5) is 12.7. The summed E-state index contributed by atoms with van der Waals surface area (Å²) in [7, 11) is 0. The Hall–Kier alpha value is -3.86. The van der Waals surface area contributed by atoms with E-state index in [1.807, 2.05) is 66.7 Å². The van der Waals surface area contributed by atoms with Crippen LogP contribution in [0.5, 0.6) is 0 Å². The molecule has 3 aromatic carbocycles. The van der Waals surface area contributed by atoms with Crippen LogP contribution in [0.2, 0.25) is 0 Å². The quantitative estimate of drug-likeness (QED) is 0.486. The number of nitrogens with one attached hydrogen (secondary N) is 2. The minimum absolute atomic E-state index is 0.0619. The third kappa shape index (κ3) is 4.08. The Labute approximate surface area is 181 Å². The topological polar surface area (TPSA) is 59.0 Å². The van der Waals surface area contributed by atoms with Crippen molar-refractivity contribution in [3.05, 3.63) is 102 Å².